The smallest absolute Gasteiger partial charge is 0.341 e. The average Bonchev–Trinajstić information content (AvgIpc) is 3.18. The number of anilines is 1. The highest BCUT2D eigenvalue weighted by Gasteiger charge is 2.24. The van der Waals surface area contributed by atoms with E-state index in [0.29, 0.717) is 34.6 Å². The Morgan fingerprint density at radius 1 is 1.06 bits per heavy atom. The van der Waals surface area contributed by atoms with E-state index in [1.165, 1.54) is 24.5 Å². The molecule has 0 aliphatic carbocycles. The van der Waals surface area contributed by atoms with Crippen molar-refractivity contribution in [2.24, 2.45) is 5.92 Å². The van der Waals surface area contributed by atoms with Gasteiger partial charge in [-0.1, -0.05) is 50.2 Å². The summed E-state index contributed by atoms with van der Waals surface area (Å²) in [5, 5.41) is 3.29. The molecule has 35 heavy (non-hydrogen) atoms. The first-order valence-electron chi connectivity index (χ1n) is 11.4. The number of carbonyl (C=O) groups excluding carboxylic acids is 2. The van der Waals surface area contributed by atoms with Crippen molar-refractivity contribution in [1.29, 1.82) is 0 Å². The molecule has 1 N–H and O–H groups in total. The summed E-state index contributed by atoms with van der Waals surface area (Å²) in [4.78, 5) is 26.3. The Hall–Kier alpha value is -3.58. The summed E-state index contributed by atoms with van der Waals surface area (Å²) in [5.41, 5.74) is 2.79. The summed E-state index contributed by atoms with van der Waals surface area (Å²) in [5.74, 6) is 0.973. The maximum atomic E-state index is 12.7. The first-order valence-corrected chi connectivity index (χ1v) is 12.2. The van der Waals surface area contributed by atoms with E-state index in [-0.39, 0.29) is 5.91 Å². The summed E-state index contributed by atoms with van der Waals surface area (Å²) in [6, 6.07) is 15.1. The van der Waals surface area contributed by atoms with Crippen LogP contribution in [-0.2, 0) is 9.53 Å². The van der Waals surface area contributed by atoms with Gasteiger partial charge in [0.05, 0.1) is 20.8 Å². The van der Waals surface area contributed by atoms with Crippen LogP contribution in [0.25, 0.3) is 17.2 Å². The Morgan fingerprint density at radius 3 is 2.46 bits per heavy atom. The fourth-order valence-corrected chi connectivity index (χ4v) is 4.59. The van der Waals surface area contributed by atoms with E-state index >= 15 is 0 Å². The summed E-state index contributed by atoms with van der Waals surface area (Å²) >= 11 is 1.34. The van der Waals surface area contributed by atoms with Crippen LogP contribution < -0.4 is 14.8 Å². The second-order valence-corrected chi connectivity index (χ2v) is 9.58. The molecule has 2 aromatic carbocycles. The van der Waals surface area contributed by atoms with Gasteiger partial charge in [-0.2, -0.15) is 0 Å². The second kappa shape index (κ2) is 12.2. The number of benzene rings is 2. The number of hydrogen-bond donors (Lipinski definition) is 1. The molecule has 0 bridgehead atoms. The van der Waals surface area contributed by atoms with Crippen LogP contribution in [0, 0.1) is 12.8 Å². The van der Waals surface area contributed by atoms with Gasteiger partial charge in [0.1, 0.15) is 10.6 Å². The lowest BCUT2D eigenvalue weighted by molar-refractivity contribution is -0.111. The first kappa shape index (κ1) is 26.0. The van der Waals surface area contributed by atoms with Crippen molar-refractivity contribution in [3.05, 3.63) is 70.6 Å². The lowest BCUT2D eigenvalue weighted by atomic mass is 10.0. The highest BCUT2D eigenvalue weighted by Crippen LogP contribution is 2.40. The SMILES string of the molecule is COC(=O)c1c(NC(=O)/C=C/c2ccc(OCCC(C)C)c(OC)c2)sc(C)c1-c1ccccc1. The maximum Gasteiger partial charge on any atom is 0.341 e. The minimum atomic E-state index is -0.495. The summed E-state index contributed by atoms with van der Waals surface area (Å²) in [6.45, 7) is 6.82. The van der Waals surface area contributed by atoms with Gasteiger partial charge in [0.25, 0.3) is 0 Å². The summed E-state index contributed by atoms with van der Waals surface area (Å²) in [7, 11) is 2.92. The molecule has 0 aliphatic rings. The van der Waals surface area contributed by atoms with Crippen molar-refractivity contribution in [3.63, 3.8) is 0 Å². The molecular formula is C28H31NO5S. The quantitative estimate of drug-likeness (QED) is 0.255. The molecule has 6 nitrogen and oxygen atoms in total. The van der Waals surface area contributed by atoms with E-state index in [4.69, 9.17) is 14.2 Å². The number of esters is 1. The van der Waals surface area contributed by atoms with Crippen LogP contribution in [0.1, 0.15) is 41.1 Å². The first-order chi connectivity index (χ1) is 16.8. The van der Waals surface area contributed by atoms with Crippen LogP contribution in [-0.4, -0.2) is 32.7 Å². The molecule has 0 spiro atoms. The Kier molecular flexibility index (Phi) is 9.09. The van der Waals surface area contributed by atoms with Gasteiger partial charge in [0, 0.05) is 16.5 Å². The molecule has 1 aromatic heterocycles. The van der Waals surface area contributed by atoms with Gasteiger partial charge in [0.2, 0.25) is 5.91 Å². The number of hydrogen-bond acceptors (Lipinski definition) is 6. The minimum absolute atomic E-state index is 0.354. The largest absolute Gasteiger partial charge is 0.493 e. The molecule has 3 aromatic rings. The number of methoxy groups -OCH3 is 2. The van der Waals surface area contributed by atoms with Crippen LogP contribution in [0.4, 0.5) is 5.00 Å². The maximum absolute atomic E-state index is 12.7. The molecule has 0 radical (unpaired) electrons. The molecule has 0 fully saturated rings. The van der Waals surface area contributed by atoms with Crippen molar-refractivity contribution in [2.75, 3.05) is 26.1 Å². The highest BCUT2D eigenvalue weighted by atomic mass is 32.1. The summed E-state index contributed by atoms with van der Waals surface area (Å²) < 4.78 is 16.3. The van der Waals surface area contributed by atoms with Gasteiger partial charge in [-0.05, 0) is 48.6 Å². The molecular weight excluding hydrogens is 462 g/mol. The van der Waals surface area contributed by atoms with Crippen molar-refractivity contribution in [2.45, 2.75) is 27.2 Å². The number of thiophene rings is 1. The number of amides is 1. The fourth-order valence-electron chi connectivity index (χ4n) is 3.52. The zero-order chi connectivity index (χ0) is 25.4. The zero-order valence-electron chi connectivity index (χ0n) is 20.7. The Morgan fingerprint density at radius 2 is 1.80 bits per heavy atom. The number of ether oxygens (including phenoxy) is 3. The lowest BCUT2D eigenvalue weighted by Crippen LogP contribution is -2.11. The van der Waals surface area contributed by atoms with Crippen LogP contribution >= 0.6 is 11.3 Å². The van der Waals surface area contributed by atoms with Gasteiger partial charge < -0.3 is 19.5 Å². The molecule has 0 unspecified atom stereocenters. The number of aryl methyl sites for hydroxylation is 1. The lowest BCUT2D eigenvalue weighted by Gasteiger charge is -2.12. The Balaban J connectivity index is 1.78. The van der Waals surface area contributed by atoms with Crippen LogP contribution in [0.2, 0.25) is 0 Å². The topological polar surface area (TPSA) is 73.9 Å². The molecule has 0 atom stereocenters. The van der Waals surface area contributed by atoms with Gasteiger partial charge in [-0.25, -0.2) is 4.79 Å². The van der Waals surface area contributed by atoms with Gasteiger partial charge in [0.15, 0.2) is 11.5 Å². The monoisotopic (exact) mass is 493 g/mol. The third kappa shape index (κ3) is 6.73. The van der Waals surface area contributed by atoms with Crippen molar-refractivity contribution < 1.29 is 23.8 Å². The highest BCUT2D eigenvalue weighted by molar-refractivity contribution is 7.17. The third-order valence-electron chi connectivity index (χ3n) is 5.34. The fraction of sp³-hybridized carbons (Fsp3) is 0.286. The Labute approximate surface area is 210 Å². The van der Waals surface area contributed by atoms with E-state index in [9.17, 15) is 9.59 Å². The predicted octanol–water partition coefficient (Wildman–Crippen LogP) is 6.60. The van der Waals surface area contributed by atoms with Gasteiger partial charge in [-0.3, -0.25) is 4.79 Å². The molecule has 184 valence electrons. The molecule has 3 rings (SSSR count). The zero-order valence-corrected chi connectivity index (χ0v) is 21.5. The molecule has 1 amide bonds. The van der Waals surface area contributed by atoms with Crippen molar-refractivity contribution >= 4 is 34.3 Å². The standard InChI is InChI=1S/C28H31NO5S/c1-18(2)15-16-34-22-13-11-20(17-23(22)32-4)12-14-24(30)29-27-26(28(31)33-5)25(19(3)35-27)21-9-7-6-8-10-21/h6-14,17-18H,15-16H2,1-5H3,(H,29,30)/b14-12+. The predicted molar refractivity (Wildman–Crippen MR) is 141 cm³/mol. The third-order valence-corrected chi connectivity index (χ3v) is 6.36. The number of carbonyl (C=O) groups is 2. The number of rotatable bonds is 10. The number of nitrogens with one attached hydrogen (secondary N) is 1. The minimum Gasteiger partial charge on any atom is -0.493 e. The van der Waals surface area contributed by atoms with E-state index in [2.05, 4.69) is 19.2 Å². The Bertz CT molecular complexity index is 1200. The van der Waals surface area contributed by atoms with Crippen LogP contribution in [0.3, 0.4) is 0 Å². The van der Waals surface area contributed by atoms with Gasteiger partial charge >= 0.3 is 5.97 Å². The summed E-state index contributed by atoms with van der Waals surface area (Å²) in [6.07, 6.45) is 4.06. The molecule has 7 heteroatoms. The van der Waals surface area contributed by atoms with Crippen molar-refractivity contribution in [3.8, 4) is 22.6 Å². The molecule has 0 aliphatic heterocycles. The normalized spacial score (nSPS) is 11.0. The van der Waals surface area contributed by atoms with E-state index in [1.54, 1.807) is 13.2 Å². The van der Waals surface area contributed by atoms with Crippen LogP contribution in [0.5, 0.6) is 11.5 Å². The van der Waals surface area contributed by atoms with E-state index < -0.39 is 5.97 Å². The molecule has 0 saturated carbocycles. The van der Waals surface area contributed by atoms with Crippen LogP contribution in [0.15, 0.2) is 54.6 Å². The average molecular weight is 494 g/mol. The van der Waals surface area contributed by atoms with E-state index in [1.807, 2.05) is 55.5 Å². The molecule has 1 heterocycles. The molecule has 0 saturated heterocycles. The van der Waals surface area contributed by atoms with E-state index in [0.717, 1.165) is 28.0 Å². The van der Waals surface area contributed by atoms with Gasteiger partial charge in [-0.15, -0.1) is 11.3 Å². The van der Waals surface area contributed by atoms with Crippen molar-refractivity contribution in [1.82, 2.24) is 0 Å². The second-order valence-electron chi connectivity index (χ2n) is 8.36.